The van der Waals surface area contributed by atoms with Gasteiger partial charge in [-0.05, 0) is 31.2 Å². The van der Waals surface area contributed by atoms with Crippen LogP contribution in [0.3, 0.4) is 0 Å². The Morgan fingerprint density at radius 2 is 1.71 bits per heavy atom. The molecule has 0 saturated carbocycles. The fourth-order valence-corrected chi connectivity index (χ4v) is 2.28. The number of benzene rings is 2. The highest BCUT2D eigenvalue weighted by atomic mass is 16.5. The van der Waals surface area contributed by atoms with Gasteiger partial charge in [0.25, 0.3) is 0 Å². The van der Waals surface area contributed by atoms with Gasteiger partial charge in [0.1, 0.15) is 6.04 Å². The highest BCUT2D eigenvalue weighted by Gasteiger charge is 2.15. The Morgan fingerprint density at radius 1 is 1.04 bits per heavy atom. The van der Waals surface area contributed by atoms with Crippen molar-refractivity contribution < 1.29 is 9.32 Å². The minimum absolute atomic E-state index is 0.0941. The predicted molar refractivity (Wildman–Crippen MR) is 92.5 cm³/mol. The van der Waals surface area contributed by atoms with E-state index in [2.05, 4.69) is 20.8 Å². The van der Waals surface area contributed by atoms with Crippen molar-refractivity contribution in [1.82, 2.24) is 10.1 Å². The molecule has 3 aromatic rings. The highest BCUT2D eigenvalue weighted by molar-refractivity contribution is 5.88. The molecule has 1 heterocycles. The molecule has 24 heavy (non-hydrogen) atoms. The predicted octanol–water partition coefficient (Wildman–Crippen LogP) is 3.87. The van der Waals surface area contributed by atoms with E-state index in [1.165, 1.54) is 6.92 Å². The number of rotatable bonds is 5. The Morgan fingerprint density at radius 3 is 2.38 bits per heavy atom. The molecule has 0 aliphatic heterocycles. The van der Waals surface area contributed by atoms with E-state index < -0.39 is 0 Å². The smallest absolute Gasteiger partial charge is 0.249 e. The molecule has 2 aromatic carbocycles. The third kappa shape index (κ3) is 3.78. The molecule has 6 nitrogen and oxygen atoms in total. The molecule has 1 aromatic heterocycles. The third-order valence-electron chi connectivity index (χ3n) is 3.43. The Bertz CT molecular complexity index is 813. The molecule has 1 atom stereocenters. The van der Waals surface area contributed by atoms with Gasteiger partial charge in [-0.2, -0.15) is 4.98 Å². The topological polar surface area (TPSA) is 80.0 Å². The molecule has 1 amide bonds. The van der Waals surface area contributed by atoms with Gasteiger partial charge >= 0.3 is 0 Å². The van der Waals surface area contributed by atoms with E-state index in [4.69, 9.17) is 4.52 Å². The van der Waals surface area contributed by atoms with Crippen LogP contribution in [-0.2, 0) is 4.79 Å². The number of amides is 1. The zero-order valence-corrected chi connectivity index (χ0v) is 13.5. The number of carbonyl (C=O) groups excluding carboxylic acids is 1. The second-order valence-corrected chi connectivity index (χ2v) is 5.45. The van der Waals surface area contributed by atoms with Gasteiger partial charge in [-0.25, -0.2) is 0 Å². The zero-order chi connectivity index (χ0) is 16.9. The molecule has 0 radical (unpaired) electrons. The van der Waals surface area contributed by atoms with E-state index >= 15 is 0 Å². The summed E-state index contributed by atoms with van der Waals surface area (Å²) in [6.07, 6.45) is 0. The molecule has 0 saturated heterocycles. The van der Waals surface area contributed by atoms with Gasteiger partial charge in [-0.15, -0.1) is 0 Å². The molecule has 0 fully saturated rings. The number of hydrogen-bond acceptors (Lipinski definition) is 5. The van der Waals surface area contributed by atoms with E-state index in [9.17, 15) is 4.79 Å². The van der Waals surface area contributed by atoms with Crippen molar-refractivity contribution >= 4 is 17.3 Å². The van der Waals surface area contributed by atoms with Crippen LogP contribution in [0.15, 0.2) is 59.1 Å². The van der Waals surface area contributed by atoms with Crippen molar-refractivity contribution in [3.05, 3.63) is 60.5 Å². The van der Waals surface area contributed by atoms with Gasteiger partial charge in [0, 0.05) is 23.9 Å². The lowest BCUT2D eigenvalue weighted by molar-refractivity contribution is -0.114. The minimum Gasteiger partial charge on any atom is -0.374 e. The lowest BCUT2D eigenvalue weighted by Crippen LogP contribution is -2.08. The van der Waals surface area contributed by atoms with Crippen LogP contribution in [0, 0.1) is 0 Å². The standard InChI is InChI=1S/C18H18N4O2/c1-12(19-15-8-10-16(11-9-15)20-13(2)23)18-21-17(22-24-18)14-6-4-3-5-7-14/h3-12,19H,1-2H3,(H,20,23)/t12-/m0/s1. The molecular formula is C18H18N4O2. The monoisotopic (exact) mass is 322 g/mol. The molecule has 0 unspecified atom stereocenters. The molecule has 3 rings (SSSR count). The Kier molecular flexibility index (Phi) is 4.56. The van der Waals surface area contributed by atoms with E-state index in [1.54, 1.807) is 0 Å². The van der Waals surface area contributed by atoms with Crippen LogP contribution < -0.4 is 10.6 Å². The molecular weight excluding hydrogens is 304 g/mol. The molecule has 0 aliphatic rings. The first-order valence-corrected chi connectivity index (χ1v) is 7.65. The summed E-state index contributed by atoms with van der Waals surface area (Å²) in [5, 5.41) is 10.0. The number of anilines is 2. The van der Waals surface area contributed by atoms with E-state index in [1.807, 2.05) is 61.5 Å². The molecule has 2 N–H and O–H groups in total. The van der Waals surface area contributed by atoms with Crippen LogP contribution in [-0.4, -0.2) is 16.0 Å². The summed E-state index contributed by atoms with van der Waals surface area (Å²) in [6, 6.07) is 17.0. The van der Waals surface area contributed by atoms with Crippen molar-refractivity contribution in [3.8, 4) is 11.4 Å². The molecule has 0 bridgehead atoms. The number of aromatic nitrogens is 2. The lowest BCUT2D eigenvalue weighted by Gasteiger charge is -2.11. The van der Waals surface area contributed by atoms with Gasteiger partial charge in [0.15, 0.2) is 0 Å². The maximum Gasteiger partial charge on any atom is 0.249 e. The number of nitrogens with zero attached hydrogens (tertiary/aromatic N) is 2. The van der Waals surface area contributed by atoms with Crippen molar-refractivity contribution in [2.75, 3.05) is 10.6 Å². The van der Waals surface area contributed by atoms with Crippen LogP contribution >= 0.6 is 0 Å². The summed E-state index contributed by atoms with van der Waals surface area (Å²) in [7, 11) is 0. The normalized spacial score (nSPS) is 11.8. The summed E-state index contributed by atoms with van der Waals surface area (Å²) in [6.45, 7) is 3.43. The SMILES string of the molecule is CC(=O)Nc1ccc(N[C@@H](C)c2nc(-c3ccccc3)no2)cc1. The largest absolute Gasteiger partial charge is 0.374 e. The Hall–Kier alpha value is -3.15. The summed E-state index contributed by atoms with van der Waals surface area (Å²) < 4.78 is 5.35. The van der Waals surface area contributed by atoms with Gasteiger partial charge < -0.3 is 15.2 Å². The lowest BCUT2D eigenvalue weighted by atomic mass is 10.2. The molecule has 122 valence electrons. The van der Waals surface area contributed by atoms with Crippen molar-refractivity contribution in [3.63, 3.8) is 0 Å². The van der Waals surface area contributed by atoms with E-state index in [0.29, 0.717) is 11.7 Å². The van der Waals surface area contributed by atoms with Crippen LogP contribution in [0.5, 0.6) is 0 Å². The third-order valence-corrected chi connectivity index (χ3v) is 3.43. The summed E-state index contributed by atoms with van der Waals surface area (Å²) in [5.41, 5.74) is 2.57. The van der Waals surface area contributed by atoms with Crippen LogP contribution in [0.1, 0.15) is 25.8 Å². The van der Waals surface area contributed by atoms with Crippen LogP contribution in [0.2, 0.25) is 0 Å². The van der Waals surface area contributed by atoms with E-state index in [-0.39, 0.29) is 11.9 Å². The summed E-state index contributed by atoms with van der Waals surface area (Å²) in [4.78, 5) is 15.5. The fourth-order valence-electron chi connectivity index (χ4n) is 2.28. The minimum atomic E-state index is -0.137. The van der Waals surface area contributed by atoms with E-state index in [0.717, 1.165) is 16.9 Å². The quantitative estimate of drug-likeness (QED) is 0.745. The van der Waals surface area contributed by atoms with Crippen molar-refractivity contribution in [2.24, 2.45) is 0 Å². The van der Waals surface area contributed by atoms with Gasteiger partial charge in [0.05, 0.1) is 0 Å². The van der Waals surface area contributed by atoms with Gasteiger partial charge in [-0.1, -0.05) is 35.5 Å². The average molecular weight is 322 g/mol. The summed E-state index contributed by atoms with van der Waals surface area (Å²) in [5.74, 6) is 0.989. The second kappa shape index (κ2) is 6.95. The van der Waals surface area contributed by atoms with Crippen molar-refractivity contribution in [2.45, 2.75) is 19.9 Å². The van der Waals surface area contributed by atoms with Gasteiger partial charge in [-0.3, -0.25) is 4.79 Å². The fraction of sp³-hybridized carbons (Fsp3) is 0.167. The number of nitrogens with one attached hydrogen (secondary N) is 2. The van der Waals surface area contributed by atoms with Gasteiger partial charge in [0.2, 0.25) is 17.6 Å². The Balaban J connectivity index is 1.68. The van der Waals surface area contributed by atoms with Crippen molar-refractivity contribution in [1.29, 1.82) is 0 Å². The van der Waals surface area contributed by atoms with Crippen LogP contribution in [0.4, 0.5) is 11.4 Å². The maximum absolute atomic E-state index is 11.0. The molecule has 0 aliphatic carbocycles. The zero-order valence-electron chi connectivity index (χ0n) is 13.5. The first kappa shape index (κ1) is 15.7. The highest BCUT2D eigenvalue weighted by Crippen LogP contribution is 2.22. The number of hydrogen-bond donors (Lipinski definition) is 2. The second-order valence-electron chi connectivity index (χ2n) is 5.45. The number of carbonyl (C=O) groups is 1. The Labute approximate surface area is 139 Å². The molecule has 6 heteroatoms. The maximum atomic E-state index is 11.0. The first-order valence-electron chi connectivity index (χ1n) is 7.65. The summed E-state index contributed by atoms with van der Waals surface area (Å²) >= 11 is 0. The first-order chi connectivity index (χ1) is 11.6. The van der Waals surface area contributed by atoms with Crippen LogP contribution in [0.25, 0.3) is 11.4 Å². The molecule has 0 spiro atoms. The average Bonchev–Trinajstić information content (AvgIpc) is 3.07.